The van der Waals surface area contributed by atoms with Crippen molar-refractivity contribution in [2.45, 2.75) is 49.7 Å². The maximum absolute atomic E-state index is 13.9. The molecule has 1 aromatic heterocycles. The topological polar surface area (TPSA) is 78.9 Å². The number of hydrogen-bond donors (Lipinski definition) is 0. The van der Waals surface area contributed by atoms with Gasteiger partial charge in [0.2, 0.25) is 0 Å². The maximum atomic E-state index is 13.9. The number of rotatable bonds is 3. The summed E-state index contributed by atoms with van der Waals surface area (Å²) in [6, 6.07) is 4.13. The van der Waals surface area contributed by atoms with E-state index in [4.69, 9.17) is 4.74 Å². The predicted octanol–water partition coefficient (Wildman–Crippen LogP) is 4.08. The summed E-state index contributed by atoms with van der Waals surface area (Å²) in [6.07, 6.45) is -0.589. The van der Waals surface area contributed by atoms with Crippen LogP contribution in [0.5, 0.6) is 0 Å². The van der Waals surface area contributed by atoms with E-state index < -0.39 is 18.1 Å². The molecule has 4 heterocycles. The number of aryl methyl sites for hydroxylation is 1. The number of carbonyl (C=O) groups is 2. The van der Waals surface area contributed by atoms with E-state index >= 15 is 0 Å². The number of alkyl halides is 3. The van der Waals surface area contributed by atoms with Crippen LogP contribution in [0.25, 0.3) is 0 Å². The van der Waals surface area contributed by atoms with Gasteiger partial charge in [-0.1, -0.05) is 30.0 Å². The Labute approximate surface area is 204 Å². The summed E-state index contributed by atoms with van der Waals surface area (Å²) in [5.74, 6) is -1.35. The molecule has 2 aromatic rings. The van der Waals surface area contributed by atoms with Gasteiger partial charge in [0.05, 0.1) is 30.9 Å². The number of thioether (sulfide) groups is 1. The van der Waals surface area contributed by atoms with Crippen LogP contribution >= 0.6 is 11.8 Å². The van der Waals surface area contributed by atoms with Crippen molar-refractivity contribution in [2.75, 3.05) is 35.8 Å². The first-order valence-electron chi connectivity index (χ1n) is 11.3. The second-order valence-electron chi connectivity index (χ2n) is 8.78. The van der Waals surface area contributed by atoms with Crippen LogP contribution in [0, 0.1) is 6.92 Å². The Morgan fingerprint density at radius 1 is 1.26 bits per heavy atom. The molecule has 0 aliphatic carbocycles. The number of benzene rings is 1. The molecule has 0 radical (unpaired) electrons. The van der Waals surface area contributed by atoms with Gasteiger partial charge in [0.15, 0.2) is 5.16 Å². The fourth-order valence-corrected chi connectivity index (χ4v) is 5.43. The summed E-state index contributed by atoms with van der Waals surface area (Å²) in [6.45, 7) is 2.66. The predicted molar refractivity (Wildman–Crippen MR) is 123 cm³/mol. The first-order chi connectivity index (χ1) is 16.7. The molecular formula is C23H24F3N5O3S. The number of halogens is 3. The molecule has 5 rings (SSSR count). The van der Waals surface area contributed by atoms with Crippen LogP contribution in [0.4, 0.5) is 29.5 Å². The number of hydrogen-bond acceptors (Lipinski definition) is 6. The van der Waals surface area contributed by atoms with E-state index in [2.05, 4.69) is 9.97 Å². The second-order valence-corrected chi connectivity index (χ2v) is 9.55. The van der Waals surface area contributed by atoms with Crippen molar-refractivity contribution < 1.29 is 27.5 Å². The summed E-state index contributed by atoms with van der Waals surface area (Å²) >= 11 is 1.38. The van der Waals surface area contributed by atoms with Gasteiger partial charge < -0.3 is 14.5 Å². The van der Waals surface area contributed by atoms with Gasteiger partial charge in [0.1, 0.15) is 5.82 Å². The van der Waals surface area contributed by atoms with E-state index in [-0.39, 0.29) is 37.3 Å². The van der Waals surface area contributed by atoms with E-state index in [0.717, 1.165) is 10.5 Å². The highest BCUT2D eigenvalue weighted by atomic mass is 32.2. The van der Waals surface area contributed by atoms with Gasteiger partial charge in [-0.3, -0.25) is 9.69 Å². The SMILES string of the molecule is CSc1ncc2c(n1)N(C1CCOC1)C(=O)N([C@H]1CCN(C(=O)C(F)(F)F)c3c(C)cccc31)C2. The van der Waals surface area contributed by atoms with E-state index in [9.17, 15) is 22.8 Å². The summed E-state index contributed by atoms with van der Waals surface area (Å²) in [7, 11) is 0. The number of nitrogens with zero attached hydrogens (tertiary/aromatic N) is 5. The summed E-state index contributed by atoms with van der Waals surface area (Å²) < 4.78 is 45.5. The lowest BCUT2D eigenvalue weighted by atomic mass is 9.91. The standard InChI is InChI=1S/C23H24F3N5O3S/c1-13-4-3-5-16-17(6-8-29(18(13)16)20(32)23(24,25)26)30-11-14-10-27-21(35-2)28-19(14)31(22(30)33)15-7-9-34-12-15/h3-5,10,15,17H,6-9,11-12H2,1-2H3/t15?,17-/m0/s1. The zero-order chi connectivity index (χ0) is 24.9. The van der Waals surface area contributed by atoms with Gasteiger partial charge in [0.25, 0.3) is 0 Å². The molecular weight excluding hydrogens is 483 g/mol. The highest BCUT2D eigenvalue weighted by molar-refractivity contribution is 7.98. The van der Waals surface area contributed by atoms with Crippen molar-refractivity contribution in [3.05, 3.63) is 41.1 Å². The number of ether oxygens (including phenoxy) is 1. The van der Waals surface area contributed by atoms with Gasteiger partial charge >= 0.3 is 18.1 Å². The minimum Gasteiger partial charge on any atom is -0.379 e. The van der Waals surface area contributed by atoms with Gasteiger partial charge in [0, 0.05) is 24.9 Å². The van der Waals surface area contributed by atoms with Crippen LogP contribution in [0.1, 0.15) is 35.6 Å². The quantitative estimate of drug-likeness (QED) is 0.460. The fraction of sp³-hybridized carbons (Fsp3) is 0.478. The van der Waals surface area contributed by atoms with Gasteiger partial charge in [-0.25, -0.2) is 14.8 Å². The first-order valence-corrected chi connectivity index (χ1v) is 12.5. The molecule has 3 aliphatic heterocycles. The molecule has 0 spiro atoms. The van der Waals surface area contributed by atoms with Crippen molar-refractivity contribution in [2.24, 2.45) is 0 Å². The van der Waals surface area contributed by atoms with Crippen molar-refractivity contribution in [3.8, 4) is 0 Å². The number of para-hydroxylation sites is 1. The zero-order valence-electron chi connectivity index (χ0n) is 19.2. The van der Waals surface area contributed by atoms with E-state index in [0.29, 0.717) is 41.7 Å². The number of anilines is 2. The Hall–Kier alpha value is -2.86. The molecule has 8 nitrogen and oxygen atoms in total. The van der Waals surface area contributed by atoms with Crippen LogP contribution in [-0.4, -0.2) is 65.0 Å². The van der Waals surface area contributed by atoms with Crippen molar-refractivity contribution >= 4 is 35.2 Å². The third kappa shape index (κ3) is 4.12. The summed E-state index contributed by atoms with van der Waals surface area (Å²) in [5.41, 5.74) is 2.05. The third-order valence-electron chi connectivity index (χ3n) is 6.68. The molecule has 0 saturated carbocycles. The molecule has 1 unspecified atom stereocenters. The average molecular weight is 508 g/mol. The lowest BCUT2D eigenvalue weighted by Crippen LogP contribution is -2.55. The maximum Gasteiger partial charge on any atom is 0.471 e. The van der Waals surface area contributed by atoms with Crippen molar-refractivity contribution in [1.29, 1.82) is 0 Å². The molecule has 186 valence electrons. The number of aromatic nitrogens is 2. The molecule has 3 aliphatic rings. The van der Waals surface area contributed by atoms with Crippen molar-refractivity contribution in [3.63, 3.8) is 0 Å². The smallest absolute Gasteiger partial charge is 0.379 e. The van der Waals surface area contributed by atoms with Crippen LogP contribution in [0.2, 0.25) is 0 Å². The van der Waals surface area contributed by atoms with E-state index in [1.807, 2.05) is 6.26 Å². The van der Waals surface area contributed by atoms with Gasteiger partial charge in [-0.2, -0.15) is 13.2 Å². The monoisotopic (exact) mass is 507 g/mol. The van der Waals surface area contributed by atoms with Gasteiger partial charge in [-0.15, -0.1) is 0 Å². The second kappa shape index (κ2) is 8.98. The van der Waals surface area contributed by atoms with Crippen LogP contribution in [0.15, 0.2) is 29.6 Å². The Balaban J connectivity index is 1.57. The highest BCUT2D eigenvalue weighted by Crippen LogP contribution is 2.44. The number of fused-ring (bicyclic) bond motifs is 2. The average Bonchev–Trinajstić information content (AvgIpc) is 3.36. The normalized spacial score (nSPS) is 22.3. The number of amides is 3. The molecule has 2 atom stereocenters. The van der Waals surface area contributed by atoms with E-state index in [1.165, 1.54) is 11.8 Å². The van der Waals surface area contributed by atoms with E-state index in [1.54, 1.807) is 41.1 Å². The largest absolute Gasteiger partial charge is 0.471 e. The molecule has 3 amide bonds. The Bertz CT molecular complexity index is 1170. The minimum atomic E-state index is -4.99. The summed E-state index contributed by atoms with van der Waals surface area (Å²) in [5, 5.41) is 0.550. The van der Waals surface area contributed by atoms with Gasteiger partial charge in [-0.05, 0) is 37.1 Å². The molecule has 35 heavy (non-hydrogen) atoms. The number of carbonyl (C=O) groups excluding carboxylic acids is 2. The molecule has 12 heteroatoms. The third-order valence-corrected chi connectivity index (χ3v) is 7.24. The molecule has 1 aromatic carbocycles. The first kappa shape index (κ1) is 23.9. The lowest BCUT2D eigenvalue weighted by Gasteiger charge is -2.45. The van der Waals surface area contributed by atoms with Crippen LogP contribution in [-0.2, 0) is 16.1 Å². The highest BCUT2D eigenvalue weighted by Gasteiger charge is 2.48. The Kier molecular flexibility index (Phi) is 6.12. The fourth-order valence-electron chi connectivity index (χ4n) is 5.10. The molecule has 1 saturated heterocycles. The van der Waals surface area contributed by atoms with Crippen molar-refractivity contribution in [1.82, 2.24) is 14.9 Å². The lowest BCUT2D eigenvalue weighted by molar-refractivity contribution is -0.170. The van der Waals surface area contributed by atoms with Crippen LogP contribution < -0.4 is 9.80 Å². The Morgan fingerprint density at radius 3 is 2.74 bits per heavy atom. The molecule has 1 fully saturated rings. The molecule has 0 N–H and O–H groups in total. The zero-order valence-corrected chi connectivity index (χ0v) is 20.0. The Morgan fingerprint density at radius 2 is 2.06 bits per heavy atom. The minimum absolute atomic E-state index is 0.147. The number of urea groups is 1. The molecule has 0 bridgehead atoms. The van der Waals surface area contributed by atoms with Crippen LogP contribution in [0.3, 0.4) is 0 Å². The summed E-state index contributed by atoms with van der Waals surface area (Å²) in [4.78, 5) is 39.2.